The summed E-state index contributed by atoms with van der Waals surface area (Å²) in [6.45, 7) is 0. The Kier molecular flexibility index (Phi) is 5.83. The van der Waals surface area contributed by atoms with Crippen LogP contribution in [0.5, 0.6) is 5.75 Å². The summed E-state index contributed by atoms with van der Waals surface area (Å²) in [7, 11) is 1.53. The molecule has 0 aliphatic rings. The van der Waals surface area contributed by atoms with Crippen molar-refractivity contribution in [3.8, 4) is 5.75 Å². The van der Waals surface area contributed by atoms with E-state index in [-0.39, 0.29) is 11.8 Å². The number of nitrogens with one attached hydrogen (secondary N) is 2. The number of hydrogen-bond acceptors (Lipinski definition) is 4. The topological polar surface area (TPSA) is 67.4 Å². The van der Waals surface area contributed by atoms with Crippen molar-refractivity contribution < 1.29 is 14.3 Å². The number of ether oxygens (including phenoxy) is 1. The first kappa shape index (κ1) is 20.1. The number of anilines is 2. The van der Waals surface area contributed by atoms with E-state index >= 15 is 0 Å². The molecule has 0 bridgehead atoms. The van der Waals surface area contributed by atoms with Crippen molar-refractivity contribution in [2.75, 3.05) is 17.7 Å². The number of benzene rings is 3. The zero-order valence-electron chi connectivity index (χ0n) is 15.9. The number of hydrogen-bond donors (Lipinski definition) is 2. The number of carbonyl (C=O) groups is 2. The van der Waals surface area contributed by atoms with Gasteiger partial charge in [-0.3, -0.25) is 9.59 Å². The average molecular weight is 481 g/mol. The molecule has 2 amide bonds. The molecular formula is C23H17BrN2O3S. The van der Waals surface area contributed by atoms with Crippen LogP contribution in [0, 0.1) is 0 Å². The highest BCUT2D eigenvalue weighted by Crippen LogP contribution is 2.37. The maximum Gasteiger partial charge on any atom is 0.265 e. The van der Waals surface area contributed by atoms with Gasteiger partial charge in [0.2, 0.25) is 0 Å². The van der Waals surface area contributed by atoms with Gasteiger partial charge in [-0.2, -0.15) is 0 Å². The Bertz CT molecular complexity index is 1240. The fourth-order valence-electron chi connectivity index (χ4n) is 3.13. The van der Waals surface area contributed by atoms with Gasteiger partial charge in [-0.25, -0.2) is 0 Å². The summed E-state index contributed by atoms with van der Waals surface area (Å²) in [5.74, 6) is -0.0259. The Morgan fingerprint density at radius 1 is 0.900 bits per heavy atom. The van der Waals surface area contributed by atoms with Gasteiger partial charge in [0.25, 0.3) is 11.8 Å². The molecule has 1 heterocycles. The highest BCUT2D eigenvalue weighted by molar-refractivity contribution is 9.10. The van der Waals surface area contributed by atoms with Gasteiger partial charge in [0, 0.05) is 11.4 Å². The number of halogens is 1. The summed E-state index contributed by atoms with van der Waals surface area (Å²) in [5.41, 5.74) is 1.57. The largest absolute Gasteiger partial charge is 0.495 e. The first-order chi connectivity index (χ1) is 14.6. The van der Waals surface area contributed by atoms with Crippen molar-refractivity contribution in [1.29, 1.82) is 0 Å². The molecule has 0 aliphatic carbocycles. The molecule has 7 heteroatoms. The molecule has 2 N–H and O–H groups in total. The van der Waals surface area contributed by atoms with Crippen LogP contribution in [0.3, 0.4) is 0 Å². The molecule has 3 aromatic carbocycles. The van der Waals surface area contributed by atoms with E-state index in [1.54, 1.807) is 36.4 Å². The molecule has 0 saturated carbocycles. The van der Waals surface area contributed by atoms with E-state index in [0.717, 1.165) is 15.2 Å². The van der Waals surface area contributed by atoms with E-state index < -0.39 is 0 Å². The van der Waals surface area contributed by atoms with Gasteiger partial charge in [0.05, 0.1) is 22.0 Å². The summed E-state index contributed by atoms with van der Waals surface area (Å²) in [6.07, 6.45) is 0. The van der Waals surface area contributed by atoms with Gasteiger partial charge in [0.1, 0.15) is 5.75 Å². The van der Waals surface area contributed by atoms with E-state index in [2.05, 4.69) is 26.6 Å². The quantitative estimate of drug-likeness (QED) is 0.358. The molecule has 0 saturated heterocycles. The first-order valence-corrected chi connectivity index (χ1v) is 10.8. The number of methoxy groups -OCH3 is 1. The summed E-state index contributed by atoms with van der Waals surface area (Å²) >= 11 is 4.92. The van der Waals surface area contributed by atoms with E-state index in [9.17, 15) is 9.59 Å². The molecule has 5 nitrogen and oxygen atoms in total. The minimum atomic E-state index is -0.306. The third kappa shape index (κ3) is 4.08. The SMILES string of the molecule is COc1c(C(=O)Nc2cccc(NC(=O)c3cccs3)c2)cc2ccccc2c1Br. The normalized spacial score (nSPS) is 10.6. The summed E-state index contributed by atoms with van der Waals surface area (Å²) < 4.78 is 6.22. The van der Waals surface area contributed by atoms with Crippen LogP contribution in [0.2, 0.25) is 0 Å². The molecule has 0 fully saturated rings. The molecule has 4 aromatic rings. The van der Waals surface area contributed by atoms with Crippen molar-refractivity contribution in [3.63, 3.8) is 0 Å². The van der Waals surface area contributed by atoms with Crippen LogP contribution in [-0.2, 0) is 0 Å². The van der Waals surface area contributed by atoms with Crippen LogP contribution in [0.15, 0.2) is 76.6 Å². The smallest absolute Gasteiger partial charge is 0.265 e. The number of amides is 2. The summed E-state index contributed by atoms with van der Waals surface area (Å²) in [6, 6.07) is 20.2. The molecule has 0 unspecified atom stereocenters. The Morgan fingerprint density at radius 3 is 2.33 bits per heavy atom. The van der Waals surface area contributed by atoms with Crippen LogP contribution < -0.4 is 15.4 Å². The minimum absolute atomic E-state index is 0.186. The van der Waals surface area contributed by atoms with Gasteiger partial charge < -0.3 is 15.4 Å². The van der Waals surface area contributed by atoms with Crippen molar-refractivity contribution in [3.05, 3.63) is 87.0 Å². The van der Waals surface area contributed by atoms with Crippen LogP contribution in [-0.4, -0.2) is 18.9 Å². The standard InChI is InChI=1S/C23H17BrN2O3S/c1-29-21-18(12-14-6-2-3-9-17(14)20(21)24)22(27)25-15-7-4-8-16(13-15)26-23(28)19-10-5-11-30-19/h2-13H,1H3,(H,25,27)(H,26,28). The number of fused-ring (bicyclic) bond motifs is 1. The fourth-order valence-corrected chi connectivity index (χ4v) is 4.48. The van der Waals surface area contributed by atoms with Crippen molar-refractivity contribution in [1.82, 2.24) is 0 Å². The Labute approximate surface area is 185 Å². The Morgan fingerprint density at radius 2 is 1.63 bits per heavy atom. The third-order valence-corrected chi connectivity index (χ3v) is 6.17. The molecule has 0 spiro atoms. The predicted octanol–water partition coefficient (Wildman–Crippen LogP) is 6.18. The maximum absolute atomic E-state index is 13.0. The second kappa shape index (κ2) is 8.69. The molecule has 30 heavy (non-hydrogen) atoms. The molecule has 1 aromatic heterocycles. The van der Waals surface area contributed by atoms with Gasteiger partial charge in [-0.15, -0.1) is 11.3 Å². The minimum Gasteiger partial charge on any atom is -0.495 e. The fraction of sp³-hybridized carbons (Fsp3) is 0.0435. The van der Waals surface area contributed by atoms with E-state index in [1.807, 2.05) is 35.7 Å². The molecule has 0 aliphatic heterocycles. The Balaban J connectivity index is 1.59. The van der Waals surface area contributed by atoms with Crippen LogP contribution in [0.4, 0.5) is 11.4 Å². The highest BCUT2D eigenvalue weighted by Gasteiger charge is 2.18. The van der Waals surface area contributed by atoms with E-state index in [1.165, 1.54) is 18.4 Å². The van der Waals surface area contributed by atoms with Gasteiger partial charge in [-0.1, -0.05) is 36.4 Å². The molecular weight excluding hydrogens is 464 g/mol. The van der Waals surface area contributed by atoms with Crippen LogP contribution in [0.25, 0.3) is 10.8 Å². The first-order valence-electron chi connectivity index (χ1n) is 9.08. The summed E-state index contributed by atoms with van der Waals surface area (Å²) in [5, 5.41) is 9.46. The maximum atomic E-state index is 13.0. The second-order valence-electron chi connectivity index (χ2n) is 6.46. The zero-order valence-corrected chi connectivity index (χ0v) is 18.3. The second-order valence-corrected chi connectivity index (χ2v) is 8.20. The highest BCUT2D eigenvalue weighted by atomic mass is 79.9. The van der Waals surface area contributed by atoms with Crippen molar-refractivity contribution in [2.24, 2.45) is 0 Å². The lowest BCUT2D eigenvalue weighted by Gasteiger charge is -2.14. The lowest BCUT2D eigenvalue weighted by molar-refractivity contribution is 0.101. The van der Waals surface area contributed by atoms with Crippen LogP contribution >= 0.6 is 27.3 Å². The monoisotopic (exact) mass is 480 g/mol. The molecule has 0 atom stereocenters. The number of carbonyl (C=O) groups excluding carboxylic acids is 2. The lowest BCUT2D eigenvalue weighted by atomic mass is 10.0. The van der Waals surface area contributed by atoms with Crippen molar-refractivity contribution in [2.45, 2.75) is 0 Å². The van der Waals surface area contributed by atoms with Gasteiger partial charge >= 0.3 is 0 Å². The predicted molar refractivity (Wildman–Crippen MR) is 125 cm³/mol. The average Bonchev–Trinajstić information content (AvgIpc) is 3.29. The molecule has 4 rings (SSSR count). The summed E-state index contributed by atoms with van der Waals surface area (Å²) in [4.78, 5) is 25.9. The zero-order chi connectivity index (χ0) is 21.1. The van der Waals surface area contributed by atoms with Gasteiger partial charge in [-0.05, 0) is 62.4 Å². The van der Waals surface area contributed by atoms with Gasteiger partial charge in [0.15, 0.2) is 0 Å². The van der Waals surface area contributed by atoms with E-state index in [0.29, 0.717) is 27.6 Å². The number of thiophene rings is 1. The van der Waals surface area contributed by atoms with Crippen molar-refractivity contribution >= 4 is 61.2 Å². The molecule has 0 radical (unpaired) electrons. The van der Waals surface area contributed by atoms with E-state index in [4.69, 9.17) is 4.74 Å². The Hall–Kier alpha value is -3.16. The third-order valence-electron chi connectivity index (χ3n) is 4.51. The van der Waals surface area contributed by atoms with Crippen LogP contribution in [0.1, 0.15) is 20.0 Å². The number of rotatable bonds is 5. The lowest BCUT2D eigenvalue weighted by Crippen LogP contribution is -2.14. The molecule has 150 valence electrons.